The minimum absolute atomic E-state index is 0.135. The Morgan fingerprint density at radius 2 is 2.00 bits per heavy atom. The molecule has 1 N–H and O–H groups in total. The SMILES string of the molecule is COc1cc(S(=O)(=O)N2CCOCC2)ccc1NC(C)=O. The molecule has 0 saturated carbocycles. The highest BCUT2D eigenvalue weighted by Gasteiger charge is 2.27. The van der Waals surface area contributed by atoms with E-state index in [0.29, 0.717) is 37.7 Å². The molecule has 0 aromatic heterocycles. The van der Waals surface area contributed by atoms with Crippen molar-refractivity contribution in [1.82, 2.24) is 4.31 Å². The van der Waals surface area contributed by atoms with Gasteiger partial charge in [-0.1, -0.05) is 0 Å². The van der Waals surface area contributed by atoms with E-state index < -0.39 is 10.0 Å². The van der Waals surface area contributed by atoms with Crippen molar-refractivity contribution in [3.63, 3.8) is 0 Å². The van der Waals surface area contributed by atoms with Gasteiger partial charge in [0.2, 0.25) is 15.9 Å². The van der Waals surface area contributed by atoms with E-state index in [9.17, 15) is 13.2 Å². The van der Waals surface area contributed by atoms with Crippen LogP contribution in [0, 0.1) is 0 Å². The maximum absolute atomic E-state index is 12.5. The van der Waals surface area contributed by atoms with Crippen LogP contribution in [0.1, 0.15) is 6.92 Å². The van der Waals surface area contributed by atoms with Gasteiger partial charge in [-0.2, -0.15) is 4.31 Å². The van der Waals surface area contributed by atoms with Crippen LogP contribution in [0.15, 0.2) is 23.1 Å². The van der Waals surface area contributed by atoms with Gasteiger partial charge in [0.15, 0.2) is 0 Å². The fraction of sp³-hybridized carbons (Fsp3) is 0.462. The average Bonchev–Trinajstić information content (AvgIpc) is 2.47. The van der Waals surface area contributed by atoms with E-state index >= 15 is 0 Å². The Kier molecular flexibility index (Phi) is 4.81. The van der Waals surface area contributed by atoms with Gasteiger partial charge in [-0.15, -0.1) is 0 Å². The number of methoxy groups -OCH3 is 1. The summed E-state index contributed by atoms with van der Waals surface area (Å²) >= 11 is 0. The summed E-state index contributed by atoms with van der Waals surface area (Å²) in [7, 11) is -2.16. The topological polar surface area (TPSA) is 84.9 Å². The third-order valence-corrected chi connectivity index (χ3v) is 4.99. The van der Waals surface area contributed by atoms with Crippen LogP contribution >= 0.6 is 0 Å². The van der Waals surface area contributed by atoms with E-state index in [1.54, 1.807) is 0 Å². The number of anilines is 1. The normalized spacial score (nSPS) is 16.5. The summed E-state index contributed by atoms with van der Waals surface area (Å²) in [6, 6.07) is 4.39. The summed E-state index contributed by atoms with van der Waals surface area (Å²) in [5.41, 5.74) is 0.436. The Morgan fingerprint density at radius 1 is 1.33 bits per heavy atom. The van der Waals surface area contributed by atoms with Crippen molar-refractivity contribution < 1.29 is 22.7 Å². The molecule has 2 rings (SSSR count). The van der Waals surface area contributed by atoms with E-state index in [1.807, 2.05) is 0 Å². The molecule has 1 aromatic carbocycles. The van der Waals surface area contributed by atoms with Gasteiger partial charge in [0.25, 0.3) is 0 Å². The first kappa shape index (κ1) is 15.7. The number of hydrogen-bond acceptors (Lipinski definition) is 5. The van der Waals surface area contributed by atoms with Gasteiger partial charge in [0.1, 0.15) is 5.75 Å². The van der Waals surface area contributed by atoms with Crippen LogP contribution in [0.25, 0.3) is 0 Å². The lowest BCUT2D eigenvalue weighted by Crippen LogP contribution is -2.40. The summed E-state index contributed by atoms with van der Waals surface area (Å²) in [5, 5.41) is 2.59. The Balaban J connectivity index is 2.33. The van der Waals surface area contributed by atoms with Crippen LogP contribution in [-0.4, -0.2) is 52.0 Å². The molecule has 7 nitrogen and oxygen atoms in total. The zero-order valence-electron chi connectivity index (χ0n) is 12.0. The lowest BCUT2D eigenvalue weighted by Gasteiger charge is -2.26. The summed E-state index contributed by atoms with van der Waals surface area (Å²) in [6.45, 7) is 2.81. The van der Waals surface area contributed by atoms with Gasteiger partial charge in [-0.3, -0.25) is 4.79 Å². The van der Waals surface area contributed by atoms with Crippen molar-refractivity contribution in [2.24, 2.45) is 0 Å². The number of morpholine rings is 1. The average molecular weight is 314 g/mol. The smallest absolute Gasteiger partial charge is 0.243 e. The number of hydrogen-bond donors (Lipinski definition) is 1. The number of benzene rings is 1. The Bertz CT molecular complexity index is 623. The minimum Gasteiger partial charge on any atom is -0.495 e. The van der Waals surface area contributed by atoms with Crippen molar-refractivity contribution in [3.8, 4) is 5.75 Å². The van der Waals surface area contributed by atoms with Gasteiger partial charge in [-0.25, -0.2) is 8.42 Å². The second-order valence-electron chi connectivity index (χ2n) is 4.56. The van der Waals surface area contributed by atoms with E-state index in [2.05, 4.69) is 5.32 Å². The van der Waals surface area contributed by atoms with E-state index in [4.69, 9.17) is 9.47 Å². The highest BCUT2D eigenvalue weighted by Crippen LogP contribution is 2.29. The molecular formula is C13H18N2O5S. The highest BCUT2D eigenvalue weighted by molar-refractivity contribution is 7.89. The standard InChI is InChI=1S/C13H18N2O5S/c1-10(16)14-12-4-3-11(9-13(12)19-2)21(17,18)15-5-7-20-8-6-15/h3-4,9H,5-8H2,1-2H3,(H,14,16). The number of carbonyl (C=O) groups excluding carboxylic acids is 1. The zero-order valence-corrected chi connectivity index (χ0v) is 12.8. The predicted octanol–water partition coefficient (Wildman–Crippen LogP) is 0.674. The maximum Gasteiger partial charge on any atom is 0.243 e. The van der Waals surface area contributed by atoms with E-state index in [0.717, 1.165) is 0 Å². The summed E-state index contributed by atoms with van der Waals surface area (Å²) < 4.78 is 36.7. The lowest BCUT2D eigenvalue weighted by molar-refractivity contribution is -0.114. The van der Waals surface area contributed by atoms with Crippen LogP contribution in [0.2, 0.25) is 0 Å². The Morgan fingerprint density at radius 3 is 2.57 bits per heavy atom. The number of nitrogens with one attached hydrogen (secondary N) is 1. The van der Waals surface area contributed by atoms with Gasteiger partial charge in [0.05, 0.1) is 30.9 Å². The van der Waals surface area contributed by atoms with Crippen molar-refractivity contribution in [3.05, 3.63) is 18.2 Å². The van der Waals surface area contributed by atoms with E-state index in [1.165, 1.54) is 36.5 Å². The maximum atomic E-state index is 12.5. The molecule has 21 heavy (non-hydrogen) atoms. The fourth-order valence-electron chi connectivity index (χ4n) is 2.06. The molecule has 1 amide bonds. The molecule has 116 valence electrons. The molecule has 0 unspecified atom stereocenters. The first-order chi connectivity index (χ1) is 9.95. The molecule has 1 aromatic rings. The lowest BCUT2D eigenvalue weighted by atomic mass is 10.3. The second kappa shape index (κ2) is 6.42. The van der Waals surface area contributed by atoms with Gasteiger partial charge in [0, 0.05) is 26.1 Å². The van der Waals surface area contributed by atoms with Gasteiger partial charge < -0.3 is 14.8 Å². The van der Waals surface area contributed by atoms with Gasteiger partial charge in [-0.05, 0) is 12.1 Å². The molecule has 0 aliphatic carbocycles. The third-order valence-electron chi connectivity index (χ3n) is 3.09. The largest absolute Gasteiger partial charge is 0.495 e. The van der Waals surface area contributed by atoms with Crippen LogP contribution in [0.3, 0.4) is 0 Å². The number of rotatable bonds is 4. The quantitative estimate of drug-likeness (QED) is 0.883. The summed E-state index contributed by atoms with van der Waals surface area (Å²) in [6.07, 6.45) is 0. The molecule has 1 heterocycles. The molecule has 0 bridgehead atoms. The van der Waals surface area contributed by atoms with Crippen LogP contribution in [0.4, 0.5) is 5.69 Å². The van der Waals surface area contributed by atoms with Crippen molar-refractivity contribution in [1.29, 1.82) is 0 Å². The number of carbonyl (C=O) groups is 1. The fourth-order valence-corrected chi connectivity index (χ4v) is 3.48. The number of sulfonamides is 1. The second-order valence-corrected chi connectivity index (χ2v) is 6.50. The molecule has 0 spiro atoms. The van der Waals surface area contributed by atoms with Crippen molar-refractivity contribution in [2.75, 3.05) is 38.7 Å². The molecule has 1 saturated heterocycles. The highest BCUT2D eigenvalue weighted by atomic mass is 32.2. The first-order valence-electron chi connectivity index (χ1n) is 6.48. The molecular weight excluding hydrogens is 296 g/mol. The van der Waals surface area contributed by atoms with Crippen molar-refractivity contribution >= 4 is 21.6 Å². The van der Waals surface area contributed by atoms with Gasteiger partial charge >= 0.3 is 0 Å². The third kappa shape index (κ3) is 3.52. The monoisotopic (exact) mass is 314 g/mol. The molecule has 1 aliphatic rings. The number of amides is 1. The summed E-state index contributed by atoms with van der Waals surface area (Å²) in [5.74, 6) is 0.0524. The predicted molar refractivity (Wildman–Crippen MR) is 76.9 cm³/mol. The van der Waals surface area contributed by atoms with Crippen molar-refractivity contribution in [2.45, 2.75) is 11.8 Å². The molecule has 1 aliphatic heterocycles. The molecule has 1 fully saturated rings. The minimum atomic E-state index is -3.58. The first-order valence-corrected chi connectivity index (χ1v) is 7.92. The number of nitrogens with zero attached hydrogens (tertiary/aromatic N) is 1. The van der Waals surface area contributed by atoms with Crippen LogP contribution < -0.4 is 10.1 Å². The molecule has 0 atom stereocenters. The van der Waals surface area contributed by atoms with Crippen LogP contribution in [-0.2, 0) is 19.6 Å². The Labute approximate surface area is 123 Å². The Hall–Kier alpha value is -1.64. The summed E-state index contributed by atoms with van der Waals surface area (Å²) in [4.78, 5) is 11.2. The number of ether oxygens (including phenoxy) is 2. The zero-order chi connectivity index (χ0) is 15.5. The molecule has 0 radical (unpaired) electrons. The van der Waals surface area contributed by atoms with E-state index in [-0.39, 0.29) is 10.8 Å². The van der Waals surface area contributed by atoms with Crippen LogP contribution in [0.5, 0.6) is 5.75 Å². The molecule has 8 heteroatoms.